The number of fused-ring (bicyclic) bond motifs is 1. The van der Waals surface area contributed by atoms with Crippen molar-refractivity contribution in [1.29, 1.82) is 0 Å². The molecule has 3 heterocycles. The van der Waals surface area contributed by atoms with Crippen LogP contribution in [0.2, 0.25) is 0 Å². The normalized spacial score (nSPS) is 18.6. The molecule has 1 aliphatic rings. The highest BCUT2D eigenvalue weighted by Gasteiger charge is 2.20. The zero-order valence-electron chi connectivity index (χ0n) is 13.8. The molecule has 1 atom stereocenters. The van der Waals surface area contributed by atoms with Crippen molar-refractivity contribution in [1.82, 2.24) is 14.9 Å². The van der Waals surface area contributed by atoms with Crippen molar-refractivity contribution in [2.24, 2.45) is 11.7 Å². The third-order valence-electron chi connectivity index (χ3n) is 4.72. The Balaban J connectivity index is 1.81. The number of piperidine rings is 1. The van der Waals surface area contributed by atoms with Crippen molar-refractivity contribution in [2.75, 3.05) is 26.2 Å². The number of nitrogens with two attached hydrogens (primary N) is 1. The summed E-state index contributed by atoms with van der Waals surface area (Å²) >= 11 is 0. The van der Waals surface area contributed by atoms with Crippen molar-refractivity contribution >= 4 is 17.0 Å². The first-order valence-corrected chi connectivity index (χ1v) is 8.36. The molecule has 25 heavy (non-hydrogen) atoms. The van der Waals surface area contributed by atoms with E-state index in [9.17, 15) is 14.0 Å². The highest BCUT2D eigenvalue weighted by atomic mass is 19.1. The molecule has 1 fully saturated rings. The van der Waals surface area contributed by atoms with Gasteiger partial charge in [0.15, 0.2) is 0 Å². The molecule has 0 radical (unpaired) electrons. The van der Waals surface area contributed by atoms with Crippen LogP contribution in [0.25, 0.3) is 11.0 Å². The van der Waals surface area contributed by atoms with Gasteiger partial charge in [-0.1, -0.05) is 0 Å². The van der Waals surface area contributed by atoms with Crippen LogP contribution in [0.4, 0.5) is 4.39 Å². The van der Waals surface area contributed by atoms with Crippen LogP contribution < -0.4 is 11.2 Å². The number of rotatable bonds is 5. The third kappa shape index (κ3) is 3.69. The number of nitrogens with zero attached hydrogens (tertiary/aromatic N) is 2. The number of pyridine rings is 2. The van der Waals surface area contributed by atoms with Gasteiger partial charge in [0.1, 0.15) is 17.0 Å². The van der Waals surface area contributed by atoms with E-state index in [4.69, 9.17) is 10.8 Å². The Bertz CT molecular complexity index is 852. The van der Waals surface area contributed by atoms with Crippen molar-refractivity contribution < 1.29 is 14.3 Å². The lowest BCUT2D eigenvalue weighted by Crippen LogP contribution is -2.39. The highest BCUT2D eigenvalue weighted by Crippen LogP contribution is 2.17. The topological polar surface area (TPSA) is 112 Å². The Morgan fingerprint density at radius 2 is 2.32 bits per heavy atom. The van der Waals surface area contributed by atoms with E-state index in [1.54, 1.807) is 0 Å². The maximum atomic E-state index is 14.3. The van der Waals surface area contributed by atoms with E-state index >= 15 is 0 Å². The summed E-state index contributed by atoms with van der Waals surface area (Å²) in [6, 6.07) is 1.07. The maximum absolute atomic E-state index is 14.3. The first-order chi connectivity index (χ1) is 12.0. The van der Waals surface area contributed by atoms with Crippen LogP contribution in [-0.2, 0) is 6.42 Å². The number of carboxylic acid groups (broad SMARTS) is 1. The number of aromatic carboxylic acids is 1. The number of aromatic amines is 1. The second-order valence-corrected chi connectivity index (χ2v) is 6.44. The van der Waals surface area contributed by atoms with E-state index < -0.39 is 22.8 Å². The minimum absolute atomic E-state index is 0.0534. The summed E-state index contributed by atoms with van der Waals surface area (Å²) in [6.07, 6.45) is 3.73. The maximum Gasteiger partial charge on any atom is 0.341 e. The van der Waals surface area contributed by atoms with Gasteiger partial charge < -0.3 is 20.7 Å². The first-order valence-electron chi connectivity index (χ1n) is 8.36. The Labute approximate surface area is 143 Å². The number of hydrogen-bond donors (Lipinski definition) is 3. The number of H-pyrrole nitrogens is 1. The van der Waals surface area contributed by atoms with Gasteiger partial charge in [-0.25, -0.2) is 14.2 Å². The summed E-state index contributed by atoms with van der Waals surface area (Å²) in [5, 5.41) is 8.92. The summed E-state index contributed by atoms with van der Waals surface area (Å²) in [7, 11) is 0. The fourth-order valence-corrected chi connectivity index (χ4v) is 3.31. The largest absolute Gasteiger partial charge is 0.477 e. The zero-order valence-corrected chi connectivity index (χ0v) is 13.8. The molecule has 7 nitrogen and oxygen atoms in total. The smallest absolute Gasteiger partial charge is 0.341 e. The van der Waals surface area contributed by atoms with Gasteiger partial charge in [0.2, 0.25) is 5.43 Å². The number of hydrogen-bond acceptors (Lipinski definition) is 5. The standard InChI is InChI=1S/C17H21FN4O3/c18-13-6-11-15(23)12(17(24)25)8-20-16(11)21-14(13)3-5-22-4-1-2-10(7-19)9-22/h6,8,10H,1-5,7,9,19H2,(H,24,25)(H,20,21,23). The molecule has 0 aliphatic carbocycles. The summed E-state index contributed by atoms with van der Waals surface area (Å²) in [5.74, 6) is -1.46. The molecule has 2 aromatic heterocycles. The Morgan fingerprint density at radius 1 is 1.52 bits per heavy atom. The molecule has 1 saturated heterocycles. The first kappa shape index (κ1) is 17.5. The van der Waals surface area contributed by atoms with Gasteiger partial charge in [-0.05, 0) is 37.9 Å². The quantitative estimate of drug-likeness (QED) is 0.742. The molecule has 0 aromatic carbocycles. The Morgan fingerprint density at radius 3 is 3.04 bits per heavy atom. The average molecular weight is 348 g/mol. The summed E-state index contributed by atoms with van der Waals surface area (Å²) in [6.45, 7) is 3.20. The number of likely N-dealkylation sites (tertiary alicyclic amines) is 1. The molecular weight excluding hydrogens is 327 g/mol. The molecule has 0 spiro atoms. The molecule has 1 aliphatic heterocycles. The molecule has 2 aromatic rings. The molecule has 8 heteroatoms. The highest BCUT2D eigenvalue weighted by molar-refractivity contribution is 5.91. The number of halogens is 1. The molecule has 0 saturated carbocycles. The van der Waals surface area contributed by atoms with Crippen LogP contribution >= 0.6 is 0 Å². The van der Waals surface area contributed by atoms with E-state index in [1.807, 2.05) is 0 Å². The SMILES string of the molecule is NCC1CCCN(CCc2nc3[nH]cc(C(=O)O)c(=O)c3cc2F)C1. The number of carbonyl (C=O) groups is 1. The fraction of sp³-hybridized carbons (Fsp3) is 0.471. The number of nitrogens with one attached hydrogen (secondary N) is 1. The van der Waals surface area contributed by atoms with E-state index in [-0.39, 0.29) is 16.7 Å². The average Bonchev–Trinajstić information content (AvgIpc) is 2.60. The number of carboxylic acids is 1. The van der Waals surface area contributed by atoms with Gasteiger partial charge in [-0.2, -0.15) is 0 Å². The predicted molar refractivity (Wildman–Crippen MR) is 91.2 cm³/mol. The second kappa shape index (κ2) is 7.28. The van der Waals surface area contributed by atoms with Crippen LogP contribution in [0.5, 0.6) is 0 Å². The minimum atomic E-state index is -1.35. The summed E-state index contributed by atoms with van der Waals surface area (Å²) in [5.41, 5.74) is 5.03. The van der Waals surface area contributed by atoms with Crippen LogP contribution in [0.15, 0.2) is 17.1 Å². The van der Waals surface area contributed by atoms with Crippen LogP contribution in [0, 0.1) is 11.7 Å². The number of aromatic nitrogens is 2. The van der Waals surface area contributed by atoms with Crippen molar-refractivity contribution in [3.63, 3.8) is 0 Å². The van der Waals surface area contributed by atoms with Gasteiger partial charge in [-0.3, -0.25) is 4.79 Å². The van der Waals surface area contributed by atoms with E-state index in [0.29, 0.717) is 25.4 Å². The lowest BCUT2D eigenvalue weighted by molar-refractivity contribution is 0.0695. The van der Waals surface area contributed by atoms with Gasteiger partial charge >= 0.3 is 5.97 Å². The van der Waals surface area contributed by atoms with Crippen molar-refractivity contribution in [2.45, 2.75) is 19.3 Å². The molecule has 0 amide bonds. The second-order valence-electron chi connectivity index (χ2n) is 6.44. The Hall–Kier alpha value is -2.32. The van der Waals surface area contributed by atoms with Gasteiger partial charge in [0.05, 0.1) is 11.1 Å². The van der Waals surface area contributed by atoms with Crippen LogP contribution in [-0.4, -0.2) is 52.1 Å². The van der Waals surface area contributed by atoms with E-state index in [1.165, 1.54) is 0 Å². The van der Waals surface area contributed by atoms with Gasteiger partial charge in [0.25, 0.3) is 0 Å². The van der Waals surface area contributed by atoms with Crippen LogP contribution in [0.3, 0.4) is 0 Å². The molecule has 4 N–H and O–H groups in total. The minimum Gasteiger partial charge on any atom is -0.477 e. The zero-order chi connectivity index (χ0) is 18.0. The molecule has 3 rings (SSSR count). The summed E-state index contributed by atoms with van der Waals surface area (Å²) in [4.78, 5) is 32.2. The molecule has 134 valence electrons. The monoisotopic (exact) mass is 348 g/mol. The third-order valence-corrected chi connectivity index (χ3v) is 4.72. The lowest BCUT2D eigenvalue weighted by atomic mass is 9.98. The van der Waals surface area contributed by atoms with Gasteiger partial charge in [-0.15, -0.1) is 0 Å². The van der Waals surface area contributed by atoms with Crippen molar-refractivity contribution in [3.8, 4) is 0 Å². The molecule has 1 unspecified atom stereocenters. The lowest BCUT2D eigenvalue weighted by Gasteiger charge is -2.31. The Kier molecular flexibility index (Phi) is 5.10. The molecule has 0 bridgehead atoms. The van der Waals surface area contributed by atoms with Gasteiger partial charge in [0, 0.05) is 25.7 Å². The van der Waals surface area contributed by atoms with E-state index in [2.05, 4.69) is 14.9 Å². The predicted octanol–water partition coefficient (Wildman–Crippen LogP) is 0.974. The van der Waals surface area contributed by atoms with Crippen molar-refractivity contribution in [3.05, 3.63) is 39.6 Å². The fourth-order valence-electron chi connectivity index (χ4n) is 3.31. The van der Waals surface area contributed by atoms with Crippen LogP contribution in [0.1, 0.15) is 28.9 Å². The molecular formula is C17H21FN4O3. The summed E-state index contributed by atoms with van der Waals surface area (Å²) < 4.78 is 14.3. The van der Waals surface area contributed by atoms with E-state index in [0.717, 1.165) is 38.2 Å².